The summed E-state index contributed by atoms with van der Waals surface area (Å²) in [6.07, 6.45) is 18.0. The summed E-state index contributed by atoms with van der Waals surface area (Å²) in [5, 5.41) is 0. The van der Waals surface area contributed by atoms with Gasteiger partial charge in [-0.2, -0.15) is 0 Å². The highest BCUT2D eigenvalue weighted by atomic mass is 16.6. The highest BCUT2D eigenvalue weighted by Crippen LogP contribution is 2.18. The van der Waals surface area contributed by atoms with E-state index < -0.39 is 0 Å². The van der Waals surface area contributed by atoms with E-state index in [9.17, 15) is 0 Å². The molecule has 1 aromatic carbocycles. The number of unbranched alkanes of at least 4 members (excludes halogenated alkanes) is 7. The SMILES string of the molecule is CCC/C=C/CCCCCCCCc1cccc(OCC2CO2)c1. The fraction of sp³-hybridized carbons (Fsp3) is 0.636. The Labute approximate surface area is 148 Å². The molecular formula is C22H34O2. The van der Waals surface area contributed by atoms with Crippen molar-refractivity contribution in [3.63, 3.8) is 0 Å². The molecule has 1 fully saturated rings. The topological polar surface area (TPSA) is 21.8 Å². The van der Waals surface area contributed by atoms with Gasteiger partial charge in [0.1, 0.15) is 18.5 Å². The third-order valence-electron chi connectivity index (χ3n) is 4.44. The quantitative estimate of drug-likeness (QED) is 0.234. The molecule has 1 aliphatic rings. The van der Waals surface area contributed by atoms with Crippen LogP contribution in [-0.4, -0.2) is 19.3 Å². The maximum absolute atomic E-state index is 5.75. The van der Waals surface area contributed by atoms with Gasteiger partial charge >= 0.3 is 0 Å². The fourth-order valence-electron chi connectivity index (χ4n) is 2.85. The summed E-state index contributed by atoms with van der Waals surface area (Å²) in [7, 11) is 0. The van der Waals surface area contributed by atoms with Gasteiger partial charge in [0.15, 0.2) is 0 Å². The van der Waals surface area contributed by atoms with Crippen molar-refractivity contribution in [3.05, 3.63) is 42.0 Å². The van der Waals surface area contributed by atoms with E-state index in [0.717, 1.165) is 18.8 Å². The van der Waals surface area contributed by atoms with Gasteiger partial charge in [-0.3, -0.25) is 0 Å². The van der Waals surface area contributed by atoms with Gasteiger partial charge in [0.25, 0.3) is 0 Å². The van der Waals surface area contributed by atoms with Crippen LogP contribution in [0, 0.1) is 0 Å². The molecule has 0 bridgehead atoms. The Kier molecular flexibility index (Phi) is 9.63. The lowest BCUT2D eigenvalue weighted by molar-refractivity contribution is 0.263. The van der Waals surface area contributed by atoms with Crippen molar-refractivity contribution in [1.82, 2.24) is 0 Å². The van der Waals surface area contributed by atoms with Gasteiger partial charge in [-0.25, -0.2) is 0 Å². The lowest BCUT2D eigenvalue weighted by Gasteiger charge is -2.07. The molecule has 2 nitrogen and oxygen atoms in total. The van der Waals surface area contributed by atoms with Crippen molar-refractivity contribution < 1.29 is 9.47 Å². The van der Waals surface area contributed by atoms with Crippen LogP contribution in [0.15, 0.2) is 36.4 Å². The minimum Gasteiger partial charge on any atom is -0.491 e. The molecule has 2 heteroatoms. The summed E-state index contributed by atoms with van der Waals surface area (Å²) in [4.78, 5) is 0. The lowest BCUT2D eigenvalue weighted by atomic mass is 10.0. The van der Waals surface area contributed by atoms with Gasteiger partial charge in [0, 0.05) is 0 Å². The maximum Gasteiger partial charge on any atom is 0.119 e. The molecule has 1 heterocycles. The molecule has 1 aliphatic heterocycles. The fourth-order valence-corrected chi connectivity index (χ4v) is 2.85. The zero-order valence-electron chi connectivity index (χ0n) is 15.3. The Morgan fingerprint density at radius 3 is 2.58 bits per heavy atom. The first-order valence-electron chi connectivity index (χ1n) is 9.87. The molecule has 1 saturated heterocycles. The Hall–Kier alpha value is -1.28. The van der Waals surface area contributed by atoms with Crippen LogP contribution in [0.25, 0.3) is 0 Å². The second-order valence-electron chi connectivity index (χ2n) is 6.83. The number of rotatable bonds is 14. The first-order chi connectivity index (χ1) is 11.9. The Morgan fingerprint density at radius 1 is 1.04 bits per heavy atom. The molecule has 0 spiro atoms. The summed E-state index contributed by atoms with van der Waals surface area (Å²) in [6, 6.07) is 8.54. The smallest absolute Gasteiger partial charge is 0.119 e. The minimum absolute atomic E-state index is 0.329. The van der Waals surface area contributed by atoms with Crippen LogP contribution in [0.2, 0.25) is 0 Å². The molecule has 0 radical (unpaired) electrons. The Morgan fingerprint density at radius 2 is 1.79 bits per heavy atom. The van der Waals surface area contributed by atoms with Crippen molar-refractivity contribution >= 4 is 0 Å². The largest absolute Gasteiger partial charge is 0.491 e. The second kappa shape index (κ2) is 12.1. The zero-order chi connectivity index (χ0) is 16.9. The van der Waals surface area contributed by atoms with Crippen LogP contribution in [-0.2, 0) is 11.2 Å². The summed E-state index contributed by atoms with van der Waals surface area (Å²) in [5.74, 6) is 0.985. The lowest BCUT2D eigenvalue weighted by Crippen LogP contribution is -2.04. The van der Waals surface area contributed by atoms with Gasteiger partial charge in [0.2, 0.25) is 0 Å². The summed E-state index contributed by atoms with van der Waals surface area (Å²) in [5.41, 5.74) is 1.39. The number of allylic oxidation sites excluding steroid dienone is 2. The summed E-state index contributed by atoms with van der Waals surface area (Å²) >= 11 is 0. The third kappa shape index (κ3) is 9.12. The summed E-state index contributed by atoms with van der Waals surface area (Å²) < 4.78 is 10.9. The van der Waals surface area contributed by atoms with Crippen molar-refractivity contribution in [1.29, 1.82) is 0 Å². The number of ether oxygens (including phenoxy) is 2. The molecule has 24 heavy (non-hydrogen) atoms. The maximum atomic E-state index is 5.75. The highest BCUT2D eigenvalue weighted by molar-refractivity contribution is 5.28. The molecule has 2 rings (SSSR count). The van der Waals surface area contributed by atoms with E-state index in [1.807, 2.05) is 6.07 Å². The van der Waals surface area contributed by atoms with E-state index in [1.165, 1.54) is 63.4 Å². The standard InChI is InChI=1S/C22H34O2/c1-2-3-4-5-6-7-8-9-10-11-12-14-20-15-13-16-21(17-20)23-18-22-19-24-22/h4-5,13,15-17,22H,2-3,6-12,14,18-19H2,1H3/b5-4+. The average molecular weight is 331 g/mol. The van der Waals surface area contributed by atoms with Gasteiger partial charge in [-0.15, -0.1) is 0 Å². The monoisotopic (exact) mass is 330 g/mol. The molecule has 1 aromatic rings. The van der Waals surface area contributed by atoms with Gasteiger partial charge in [0.05, 0.1) is 6.61 Å². The molecule has 134 valence electrons. The van der Waals surface area contributed by atoms with E-state index in [2.05, 4.69) is 37.3 Å². The second-order valence-corrected chi connectivity index (χ2v) is 6.83. The van der Waals surface area contributed by atoms with Gasteiger partial charge in [-0.05, 0) is 49.8 Å². The van der Waals surface area contributed by atoms with E-state index in [1.54, 1.807) is 0 Å². The average Bonchev–Trinajstić information content (AvgIpc) is 3.43. The molecule has 0 amide bonds. The number of aryl methyl sites for hydroxylation is 1. The van der Waals surface area contributed by atoms with Gasteiger partial charge in [-0.1, -0.05) is 63.3 Å². The molecule has 1 unspecified atom stereocenters. The number of hydrogen-bond acceptors (Lipinski definition) is 2. The molecular weight excluding hydrogens is 296 g/mol. The van der Waals surface area contributed by atoms with Crippen LogP contribution < -0.4 is 4.74 Å². The molecule has 0 aromatic heterocycles. The predicted octanol–water partition coefficient (Wildman–Crippen LogP) is 6.09. The van der Waals surface area contributed by atoms with E-state index in [-0.39, 0.29) is 0 Å². The van der Waals surface area contributed by atoms with Crippen LogP contribution in [0.5, 0.6) is 5.75 Å². The number of benzene rings is 1. The Bertz CT molecular complexity index is 463. The van der Waals surface area contributed by atoms with Crippen LogP contribution >= 0.6 is 0 Å². The van der Waals surface area contributed by atoms with Crippen LogP contribution in [0.3, 0.4) is 0 Å². The third-order valence-corrected chi connectivity index (χ3v) is 4.44. The van der Waals surface area contributed by atoms with E-state index in [4.69, 9.17) is 9.47 Å². The highest BCUT2D eigenvalue weighted by Gasteiger charge is 2.22. The zero-order valence-corrected chi connectivity index (χ0v) is 15.3. The molecule has 1 atom stereocenters. The Balaban J connectivity index is 1.46. The van der Waals surface area contributed by atoms with Crippen LogP contribution in [0.1, 0.15) is 70.3 Å². The van der Waals surface area contributed by atoms with E-state index >= 15 is 0 Å². The molecule has 0 aliphatic carbocycles. The van der Waals surface area contributed by atoms with Crippen LogP contribution in [0.4, 0.5) is 0 Å². The van der Waals surface area contributed by atoms with Gasteiger partial charge < -0.3 is 9.47 Å². The van der Waals surface area contributed by atoms with Crippen molar-refractivity contribution in [2.45, 2.75) is 77.2 Å². The molecule has 0 N–H and O–H groups in total. The minimum atomic E-state index is 0.329. The number of epoxide rings is 1. The van der Waals surface area contributed by atoms with Crippen molar-refractivity contribution in [3.8, 4) is 5.75 Å². The molecule has 0 saturated carbocycles. The summed E-state index contributed by atoms with van der Waals surface area (Å²) in [6.45, 7) is 3.78. The number of hydrogen-bond donors (Lipinski definition) is 0. The normalized spacial score (nSPS) is 16.6. The van der Waals surface area contributed by atoms with E-state index in [0.29, 0.717) is 12.7 Å². The first-order valence-corrected chi connectivity index (χ1v) is 9.87. The van der Waals surface area contributed by atoms with Crippen molar-refractivity contribution in [2.75, 3.05) is 13.2 Å². The van der Waals surface area contributed by atoms with Crippen molar-refractivity contribution in [2.24, 2.45) is 0 Å². The first kappa shape index (κ1) is 19.1. The predicted molar refractivity (Wildman–Crippen MR) is 102 cm³/mol.